The van der Waals surface area contributed by atoms with Crippen LogP contribution in [0.2, 0.25) is 0 Å². The maximum atomic E-state index is 11.9. The standard InChI is InChI=1S/C15H24N2OS/c1-11-5-7-14(19-11)12(2)17-15(18)8-6-13-4-3-9-16-10-13/h5,7,12-13,16H,3-4,6,8-10H2,1-2H3,(H,17,18). The first-order chi connectivity index (χ1) is 9.15. The van der Waals surface area contributed by atoms with Crippen molar-refractivity contribution < 1.29 is 4.79 Å². The van der Waals surface area contributed by atoms with Gasteiger partial charge in [-0.15, -0.1) is 11.3 Å². The van der Waals surface area contributed by atoms with Crippen LogP contribution < -0.4 is 10.6 Å². The molecule has 4 heteroatoms. The Labute approximate surface area is 119 Å². The fraction of sp³-hybridized carbons (Fsp3) is 0.667. The second kappa shape index (κ2) is 7.06. The third-order valence-corrected chi connectivity index (χ3v) is 4.93. The molecule has 2 atom stereocenters. The maximum Gasteiger partial charge on any atom is 0.220 e. The van der Waals surface area contributed by atoms with E-state index in [1.165, 1.54) is 22.6 Å². The van der Waals surface area contributed by atoms with Gasteiger partial charge in [-0.2, -0.15) is 0 Å². The van der Waals surface area contributed by atoms with Crippen molar-refractivity contribution in [2.24, 2.45) is 5.92 Å². The lowest BCUT2D eigenvalue weighted by Crippen LogP contribution is -2.31. The summed E-state index contributed by atoms with van der Waals surface area (Å²) in [5, 5.41) is 6.50. The molecule has 1 fully saturated rings. The van der Waals surface area contributed by atoms with Crippen LogP contribution >= 0.6 is 11.3 Å². The van der Waals surface area contributed by atoms with Crippen molar-refractivity contribution >= 4 is 17.2 Å². The average molecular weight is 280 g/mol. The first-order valence-electron chi connectivity index (χ1n) is 7.21. The van der Waals surface area contributed by atoms with E-state index in [4.69, 9.17) is 0 Å². The third-order valence-electron chi connectivity index (χ3n) is 3.74. The predicted octanol–water partition coefficient (Wildman–Crippen LogP) is 3.01. The van der Waals surface area contributed by atoms with Gasteiger partial charge in [0.25, 0.3) is 0 Å². The van der Waals surface area contributed by atoms with Crippen LogP contribution in [0.4, 0.5) is 0 Å². The summed E-state index contributed by atoms with van der Waals surface area (Å²) in [5.74, 6) is 0.864. The lowest BCUT2D eigenvalue weighted by atomic mass is 9.94. The average Bonchev–Trinajstić information content (AvgIpc) is 2.84. The quantitative estimate of drug-likeness (QED) is 0.870. The number of carbonyl (C=O) groups is 1. The molecule has 1 aliphatic heterocycles. The zero-order valence-corrected chi connectivity index (χ0v) is 12.7. The third kappa shape index (κ3) is 4.62. The smallest absolute Gasteiger partial charge is 0.220 e. The molecule has 1 aliphatic rings. The van der Waals surface area contributed by atoms with Crippen molar-refractivity contribution in [2.75, 3.05) is 13.1 Å². The Morgan fingerprint density at radius 1 is 1.58 bits per heavy atom. The van der Waals surface area contributed by atoms with Crippen LogP contribution in [-0.4, -0.2) is 19.0 Å². The molecular formula is C15H24N2OS. The second-order valence-corrected chi connectivity index (χ2v) is 6.81. The molecule has 2 unspecified atom stereocenters. The lowest BCUT2D eigenvalue weighted by Gasteiger charge is -2.22. The van der Waals surface area contributed by atoms with Crippen LogP contribution in [0, 0.1) is 12.8 Å². The molecule has 1 aromatic rings. The molecule has 2 rings (SSSR count). The van der Waals surface area contributed by atoms with Gasteiger partial charge in [-0.1, -0.05) is 0 Å². The summed E-state index contributed by atoms with van der Waals surface area (Å²) in [6.07, 6.45) is 4.17. The summed E-state index contributed by atoms with van der Waals surface area (Å²) in [7, 11) is 0. The molecule has 1 amide bonds. The number of rotatable bonds is 5. The summed E-state index contributed by atoms with van der Waals surface area (Å²) < 4.78 is 0. The number of thiophene rings is 1. The molecule has 2 heterocycles. The molecular weight excluding hydrogens is 256 g/mol. The van der Waals surface area contributed by atoms with Crippen LogP contribution in [0.15, 0.2) is 12.1 Å². The minimum Gasteiger partial charge on any atom is -0.349 e. The van der Waals surface area contributed by atoms with Crippen LogP contribution in [0.25, 0.3) is 0 Å². The Morgan fingerprint density at radius 3 is 3.05 bits per heavy atom. The first kappa shape index (κ1) is 14.5. The van der Waals surface area contributed by atoms with Gasteiger partial charge in [-0.3, -0.25) is 4.79 Å². The van der Waals surface area contributed by atoms with E-state index in [-0.39, 0.29) is 11.9 Å². The summed E-state index contributed by atoms with van der Waals surface area (Å²) in [6.45, 7) is 6.37. The number of carbonyl (C=O) groups excluding carboxylic acids is 1. The van der Waals surface area contributed by atoms with E-state index in [0.717, 1.165) is 19.5 Å². The summed E-state index contributed by atoms with van der Waals surface area (Å²) in [6, 6.07) is 4.35. The fourth-order valence-corrected chi connectivity index (χ4v) is 3.46. The van der Waals surface area contributed by atoms with E-state index in [1.54, 1.807) is 11.3 Å². The van der Waals surface area contributed by atoms with Crippen molar-refractivity contribution in [1.29, 1.82) is 0 Å². The van der Waals surface area contributed by atoms with Gasteiger partial charge in [0.1, 0.15) is 0 Å². The van der Waals surface area contributed by atoms with Gasteiger partial charge < -0.3 is 10.6 Å². The Balaban J connectivity index is 1.71. The molecule has 0 saturated carbocycles. The Kier molecular flexibility index (Phi) is 5.40. The van der Waals surface area contributed by atoms with E-state index >= 15 is 0 Å². The van der Waals surface area contributed by atoms with Crippen molar-refractivity contribution in [2.45, 2.75) is 45.6 Å². The molecule has 0 bridgehead atoms. The monoisotopic (exact) mass is 280 g/mol. The van der Waals surface area contributed by atoms with Crippen molar-refractivity contribution in [3.05, 3.63) is 21.9 Å². The molecule has 0 radical (unpaired) electrons. The Morgan fingerprint density at radius 2 is 2.42 bits per heavy atom. The van der Waals surface area contributed by atoms with Crippen LogP contribution in [-0.2, 0) is 4.79 Å². The van der Waals surface area contributed by atoms with Gasteiger partial charge in [-0.25, -0.2) is 0 Å². The van der Waals surface area contributed by atoms with Gasteiger partial charge >= 0.3 is 0 Å². The highest BCUT2D eigenvalue weighted by Crippen LogP contribution is 2.22. The number of piperidine rings is 1. The van der Waals surface area contributed by atoms with Crippen LogP contribution in [0.5, 0.6) is 0 Å². The predicted molar refractivity (Wildman–Crippen MR) is 80.4 cm³/mol. The molecule has 106 valence electrons. The minimum absolute atomic E-state index is 0.135. The molecule has 0 aromatic carbocycles. The number of aryl methyl sites for hydroxylation is 1. The number of hydrogen-bond acceptors (Lipinski definition) is 3. The summed E-state index contributed by atoms with van der Waals surface area (Å²) in [4.78, 5) is 14.5. The Hall–Kier alpha value is -0.870. The Bertz CT molecular complexity index is 410. The number of hydrogen-bond donors (Lipinski definition) is 2. The SMILES string of the molecule is Cc1ccc(C(C)NC(=O)CCC2CCCNC2)s1. The normalized spacial score (nSPS) is 21.1. The zero-order valence-electron chi connectivity index (χ0n) is 11.9. The van der Waals surface area contributed by atoms with Crippen molar-refractivity contribution in [3.63, 3.8) is 0 Å². The van der Waals surface area contributed by atoms with E-state index < -0.39 is 0 Å². The van der Waals surface area contributed by atoms with E-state index in [2.05, 4.69) is 36.6 Å². The number of amides is 1. The highest BCUT2D eigenvalue weighted by atomic mass is 32.1. The van der Waals surface area contributed by atoms with Gasteiger partial charge in [0.15, 0.2) is 0 Å². The lowest BCUT2D eigenvalue weighted by molar-refractivity contribution is -0.122. The minimum atomic E-state index is 0.135. The molecule has 19 heavy (non-hydrogen) atoms. The van der Waals surface area contributed by atoms with Crippen LogP contribution in [0.3, 0.4) is 0 Å². The molecule has 2 N–H and O–H groups in total. The molecule has 0 spiro atoms. The maximum absolute atomic E-state index is 11.9. The molecule has 1 aromatic heterocycles. The molecule has 3 nitrogen and oxygen atoms in total. The summed E-state index contributed by atoms with van der Waals surface area (Å²) >= 11 is 1.76. The molecule has 1 saturated heterocycles. The van der Waals surface area contributed by atoms with Crippen LogP contribution in [0.1, 0.15) is 48.4 Å². The largest absolute Gasteiger partial charge is 0.349 e. The van der Waals surface area contributed by atoms with E-state index in [9.17, 15) is 4.79 Å². The van der Waals surface area contributed by atoms with E-state index in [1.807, 2.05) is 0 Å². The fourth-order valence-electron chi connectivity index (χ4n) is 2.58. The first-order valence-corrected chi connectivity index (χ1v) is 8.03. The second-order valence-electron chi connectivity index (χ2n) is 5.49. The summed E-state index contributed by atoms with van der Waals surface area (Å²) in [5.41, 5.74) is 0. The highest BCUT2D eigenvalue weighted by molar-refractivity contribution is 7.12. The number of nitrogens with one attached hydrogen (secondary N) is 2. The van der Waals surface area contributed by atoms with E-state index in [0.29, 0.717) is 12.3 Å². The van der Waals surface area contributed by atoms with Gasteiger partial charge in [-0.05, 0) is 64.3 Å². The highest BCUT2D eigenvalue weighted by Gasteiger charge is 2.16. The van der Waals surface area contributed by atoms with Gasteiger partial charge in [0, 0.05) is 16.2 Å². The molecule has 0 aliphatic carbocycles. The van der Waals surface area contributed by atoms with Crippen molar-refractivity contribution in [1.82, 2.24) is 10.6 Å². The topological polar surface area (TPSA) is 41.1 Å². The zero-order chi connectivity index (χ0) is 13.7. The van der Waals surface area contributed by atoms with Crippen molar-refractivity contribution in [3.8, 4) is 0 Å². The van der Waals surface area contributed by atoms with Gasteiger partial charge in [0.2, 0.25) is 5.91 Å². The van der Waals surface area contributed by atoms with Gasteiger partial charge in [0.05, 0.1) is 6.04 Å².